The molecule has 0 aliphatic carbocycles. The van der Waals surface area contributed by atoms with E-state index in [4.69, 9.17) is 0 Å². The minimum Gasteiger partial charge on any atom is -0.379 e. The number of aliphatic hydroxyl groups is 1. The Morgan fingerprint density at radius 2 is 1.83 bits per heavy atom. The van der Waals surface area contributed by atoms with E-state index in [0.29, 0.717) is 0 Å². The van der Waals surface area contributed by atoms with Crippen LogP contribution in [0.15, 0.2) is 48.5 Å². The predicted octanol–water partition coefficient (Wildman–Crippen LogP) is 3.47. The molecule has 24 heavy (non-hydrogen) atoms. The van der Waals surface area contributed by atoms with Crippen LogP contribution < -0.4 is 10.6 Å². The van der Waals surface area contributed by atoms with E-state index in [0.717, 1.165) is 12.1 Å². The van der Waals surface area contributed by atoms with Crippen molar-refractivity contribution in [3.8, 4) is 0 Å². The Hall–Kier alpha value is -2.61. The van der Waals surface area contributed by atoms with Crippen LogP contribution in [0.1, 0.15) is 11.7 Å². The third-order valence-corrected chi connectivity index (χ3v) is 3.11. The van der Waals surface area contributed by atoms with Crippen LogP contribution in [0.2, 0.25) is 0 Å². The second kappa shape index (κ2) is 7.31. The van der Waals surface area contributed by atoms with Gasteiger partial charge in [-0.3, -0.25) is 4.79 Å². The SMILES string of the molecule is O=C(CNc1ccccc1[C@@H](O)C(F)(F)F)Nc1cccc(F)c1. The minimum atomic E-state index is -4.82. The van der Waals surface area contributed by atoms with Crippen LogP contribution in [-0.4, -0.2) is 23.7 Å². The average molecular weight is 342 g/mol. The van der Waals surface area contributed by atoms with Crippen LogP contribution in [-0.2, 0) is 4.79 Å². The van der Waals surface area contributed by atoms with Crippen molar-refractivity contribution in [3.63, 3.8) is 0 Å². The number of aliphatic hydroxyl groups excluding tert-OH is 1. The molecule has 0 aliphatic heterocycles. The lowest BCUT2D eigenvalue weighted by Gasteiger charge is -2.19. The van der Waals surface area contributed by atoms with E-state index in [-0.39, 0.29) is 23.5 Å². The van der Waals surface area contributed by atoms with E-state index >= 15 is 0 Å². The summed E-state index contributed by atoms with van der Waals surface area (Å²) in [7, 11) is 0. The number of hydrogen-bond donors (Lipinski definition) is 3. The van der Waals surface area contributed by atoms with E-state index in [1.807, 2.05) is 0 Å². The van der Waals surface area contributed by atoms with Crippen LogP contribution >= 0.6 is 0 Å². The topological polar surface area (TPSA) is 61.4 Å². The van der Waals surface area contributed by atoms with Gasteiger partial charge in [0.25, 0.3) is 0 Å². The van der Waals surface area contributed by atoms with Crippen LogP contribution in [0, 0.1) is 5.82 Å². The summed E-state index contributed by atoms with van der Waals surface area (Å²) in [6.07, 6.45) is -7.48. The Morgan fingerprint density at radius 1 is 1.12 bits per heavy atom. The first kappa shape index (κ1) is 17.7. The van der Waals surface area contributed by atoms with Gasteiger partial charge in [0.2, 0.25) is 5.91 Å². The van der Waals surface area contributed by atoms with Crippen molar-refractivity contribution < 1.29 is 27.5 Å². The fraction of sp³-hybridized carbons (Fsp3) is 0.188. The fourth-order valence-corrected chi connectivity index (χ4v) is 2.02. The van der Waals surface area contributed by atoms with Gasteiger partial charge in [-0.1, -0.05) is 24.3 Å². The molecule has 3 N–H and O–H groups in total. The van der Waals surface area contributed by atoms with Gasteiger partial charge in [0.15, 0.2) is 6.10 Å². The fourth-order valence-electron chi connectivity index (χ4n) is 2.02. The van der Waals surface area contributed by atoms with E-state index in [9.17, 15) is 27.5 Å². The smallest absolute Gasteiger partial charge is 0.379 e. The highest BCUT2D eigenvalue weighted by Crippen LogP contribution is 2.35. The maximum Gasteiger partial charge on any atom is 0.418 e. The molecule has 8 heteroatoms. The van der Waals surface area contributed by atoms with Gasteiger partial charge in [-0.2, -0.15) is 13.2 Å². The molecule has 0 bridgehead atoms. The summed E-state index contributed by atoms with van der Waals surface area (Å²) < 4.78 is 51.0. The van der Waals surface area contributed by atoms with Crippen LogP contribution in [0.5, 0.6) is 0 Å². The second-order valence-corrected chi connectivity index (χ2v) is 4.94. The van der Waals surface area contributed by atoms with E-state index in [2.05, 4.69) is 10.6 Å². The standard InChI is InChI=1S/C16H14F4N2O2/c17-10-4-3-5-11(8-10)22-14(23)9-21-13-7-2-1-6-12(13)15(24)16(18,19)20/h1-8,15,21,24H,9H2,(H,22,23)/t15-/m1/s1. The molecule has 1 atom stereocenters. The molecular formula is C16H14F4N2O2. The molecule has 0 saturated heterocycles. The molecule has 0 spiro atoms. The number of carbonyl (C=O) groups excluding carboxylic acids is 1. The largest absolute Gasteiger partial charge is 0.418 e. The molecule has 2 aromatic carbocycles. The van der Waals surface area contributed by atoms with Crippen LogP contribution in [0.3, 0.4) is 0 Å². The average Bonchev–Trinajstić information content (AvgIpc) is 2.51. The van der Waals surface area contributed by atoms with Gasteiger partial charge in [0, 0.05) is 16.9 Å². The monoisotopic (exact) mass is 342 g/mol. The molecule has 0 radical (unpaired) electrons. The van der Waals surface area contributed by atoms with Gasteiger partial charge in [-0.15, -0.1) is 0 Å². The summed E-state index contributed by atoms with van der Waals surface area (Å²) in [5, 5.41) is 14.3. The number of anilines is 2. The zero-order chi connectivity index (χ0) is 17.7. The maximum absolute atomic E-state index is 13.0. The number of para-hydroxylation sites is 1. The normalized spacial score (nSPS) is 12.5. The molecule has 2 rings (SSSR count). The number of alkyl halides is 3. The van der Waals surface area contributed by atoms with Gasteiger partial charge in [0.05, 0.1) is 6.54 Å². The second-order valence-electron chi connectivity index (χ2n) is 4.94. The molecule has 128 valence electrons. The first-order valence-corrected chi connectivity index (χ1v) is 6.90. The summed E-state index contributed by atoms with van der Waals surface area (Å²) >= 11 is 0. The van der Waals surface area contributed by atoms with Crippen molar-refractivity contribution in [1.29, 1.82) is 0 Å². The lowest BCUT2D eigenvalue weighted by Crippen LogP contribution is -2.25. The Bertz CT molecular complexity index is 719. The summed E-state index contributed by atoms with van der Waals surface area (Å²) in [5.74, 6) is -1.10. The quantitative estimate of drug-likeness (QED) is 0.729. The molecule has 1 amide bonds. The Labute approximate surface area is 135 Å². The number of amides is 1. The van der Waals surface area contributed by atoms with Crippen molar-refractivity contribution in [3.05, 3.63) is 59.9 Å². The predicted molar refractivity (Wildman–Crippen MR) is 81.0 cm³/mol. The van der Waals surface area contributed by atoms with Crippen LogP contribution in [0.4, 0.5) is 28.9 Å². The molecular weight excluding hydrogens is 328 g/mol. The van der Waals surface area contributed by atoms with E-state index < -0.39 is 24.0 Å². The molecule has 0 aliphatic rings. The molecule has 0 heterocycles. The first-order chi connectivity index (χ1) is 11.3. The molecule has 0 aromatic heterocycles. The van der Waals surface area contributed by atoms with E-state index in [1.54, 1.807) is 0 Å². The lowest BCUT2D eigenvalue weighted by molar-refractivity contribution is -0.206. The number of halogens is 4. The number of benzene rings is 2. The van der Waals surface area contributed by atoms with Crippen molar-refractivity contribution in [1.82, 2.24) is 0 Å². The van der Waals surface area contributed by atoms with Crippen LogP contribution in [0.25, 0.3) is 0 Å². The minimum absolute atomic E-state index is 0.0169. The van der Waals surface area contributed by atoms with Gasteiger partial charge >= 0.3 is 6.18 Å². The van der Waals surface area contributed by atoms with Crippen molar-refractivity contribution >= 4 is 17.3 Å². The number of hydrogen-bond acceptors (Lipinski definition) is 3. The van der Waals surface area contributed by atoms with Crippen molar-refractivity contribution in [2.75, 3.05) is 17.2 Å². The molecule has 0 saturated carbocycles. The summed E-state index contributed by atoms with van der Waals surface area (Å²) in [4.78, 5) is 11.8. The van der Waals surface area contributed by atoms with Gasteiger partial charge in [-0.25, -0.2) is 4.39 Å². The molecule has 0 fully saturated rings. The first-order valence-electron chi connectivity index (χ1n) is 6.90. The van der Waals surface area contributed by atoms with Crippen molar-refractivity contribution in [2.45, 2.75) is 12.3 Å². The zero-order valence-electron chi connectivity index (χ0n) is 12.3. The Balaban J connectivity index is 2.03. The van der Waals surface area contributed by atoms with Gasteiger partial charge < -0.3 is 15.7 Å². The number of nitrogens with one attached hydrogen (secondary N) is 2. The van der Waals surface area contributed by atoms with Gasteiger partial charge in [0.1, 0.15) is 5.82 Å². The molecule has 4 nitrogen and oxygen atoms in total. The van der Waals surface area contributed by atoms with E-state index in [1.165, 1.54) is 36.4 Å². The summed E-state index contributed by atoms with van der Waals surface area (Å²) in [6, 6.07) is 10.5. The molecule has 0 unspecified atom stereocenters. The highest BCUT2D eigenvalue weighted by molar-refractivity contribution is 5.93. The van der Waals surface area contributed by atoms with Gasteiger partial charge in [-0.05, 0) is 24.3 Å². The zero-order valence-corrected chi connectivity index (χ0v) is 12.3. The highest BCUT2D eigenvalue weighted by Gasteiger charge is 2.40. The Morgan fingerprint density at radius 3 is 2.50 bits per heavy atom. The highest BCUT2D eigenvalue weighted by atomic mass is 19.4. The number of rotatable bonds is 5. The summed E-state index contributed by atoms with van der Waals surface area (Å²) in [5.41, 5.74) is -0.175. The number of carbonyl (C=O) groups is 1. The summed E-state index contributed by atoms with van der Waals surface area (Å²) in [6.45, 7) is -0.349. The third-order valence-electron chi connectivity index (χ3n) is 3.11. The molecule has 2 aromatic rings. The maximum atomic E-state index is 13.0. The third kappa shape index (κ3) is 4.69. The Kier molecular flexibility index (Phi) is 5.40. The lowest BCUT2D eigenvalue weighted by atomic mass is 10.1. The van der Waals surface area contributed by atoms with Crippen molar-refractivity contribution in [2.24, 2.45) is 0 Å².